The van der Waals surface area contributed by atoms with Crippen LogP contribution in [0, 0.1) is 0 Å². The van der Waals surface area contributed by atoms with Gasteiger partial charge in [0, 0.05) is 13.2 Å². The summed E-state index contributed by atoms with van der Waals surface area (Å²) >= 11 is 0. The van der Waals surface area contributed by atoms with Crippen molar-refractivity contribution in [3.63, 3.8) is 0 Å². The molecule has 0 spiro atoms. The highest BCUT2D eigenvalue weighted by molar-refractivity contribution is 6.81. The highest BCUT2D eigenvalue weighted by Crippen LogP contribution is 2.17. The van der Waals surface area contributed by atoms with E-state index in [1.807, 2.05) is 0 Å². The number of hydrogen-bond acceptors (Lipinski definition) is 5. The Morgan fingerprint density at radius 2 is 0.690 bits per heavy atom. The molecular formula is C18H50O5Si6. The van der Waals surface area contributed by atoms with Gasteiger partial charge in [0.2, 0.25) is 0 Å². The Balaban J connectivity index is 4.23. The molecule has 0 saturated carbocycles. The van der Waals surface area contributed by atoms with Gasteiger partial charge in [-0.25, -0.2) is 0 Å². The molecule has 0 atom stereocenters. The van der Waals surface area contributed by atoms with E-state index in [1.54, 1.807) is 0 Å². The Bertz CT molecular complexity index is 368. The van der Waals surface area contributed by atoms with Crippen LogP contribution < -0.4 is 0 Å². The second kappa shape index (κ2) is 13.0. The van der Waals surface area contributed by atoms with Gasteiger partial charge in [-0.2, -0.15) is 0 Å². The van der Waals surface area contributed by atoms with Crippen LogP contribution in [0.5, 0.6) is 0 Å². The van der Waals surface area contributed by atoms with Crippen LogP contribution in [0.15, 0.2) is 0 Å². The molecule has 0 N–H and O–H groups in total. The lowest BCUT2D eigenvalue weighted by Crippen LogP contribution is -2.43. The average Bonchev–Trinajstić information content (AvgIpc) is 2.38. The quantitative estimate of drug-likeness (QED) is 0.197. The fraction of sp³-hybridized carbons (Fsp3) is 1.00. The summed E-state index contributed by atoms with van der Waals surface area (Å²) in [6, 6.07) is 2.09. The van der Waals surface area contributed by atoms with Gasteiger partial charge in [-0.3, -0.25) is 0 Å². The largest absolute Gasteiger partial charge is 0.439 e. The van der Waals surface area contributed by atoms with Gasteiger partial charge in [-0.1, -0.05) is 0 Å². The lowest BCUT2D eigenvalue weighted by atomic mass is 10.5. The molecule has 0 rings (SSSR count). The van der Waals surface area contributed by atoms with E-state index in [2.05, 4.69) is 78.6 Å². The lowest BCUT2D eigenvalue weighted by molar-refractivity contribution is 0.133. The maximum Gasteiger partial charge on any atom is 0.300 e. The van der Waals surface area contributed by atoms with E-state index in [0.717, 1.165) is 38.1 Å². The molecule has 0 amide bonds. The van der Waals surface area contributed by atoms with E-state index in [9.17, 15) is 0 Å². The normalized spacial score (nSPS) is 14.3. The zero-order chi connectivity index (χ0) is 22.9. The molecule has 0 bridgehead atoms. The molecule has 0 aliphatic rings. The predicted octanol–water partition coefficient (Wildman–Crippen LogP) is 5.63. The van der Waals surface area contributed by atoms with Crippen molar-refractivity contribution in [1.29, 1.82) is 0 Å². The molecule has 0 aromatic heterocycles. The van der Waals surface area contributed by atoms with E-state index in [-0.39, 0.29) is 0 Å². The zero-order valence-electron chi connectivity index (χ0n) is 21.4. The third-order valence-electron chi connectivity index (χ3n) is 3.40. The van der Waals surface area contributed by atoms with E-state index in [0.29, 0.717) is 0 Å². The molecule has 0 aromatic rings. The molecule has 0 aliphatic carbocycles. The Morgan fingerprint density at radius 3 is 0.897 bits per heavy atom. The van der Waals surface area contributed by atoms with Crippen molar-refractivity contribution in [2.75, 3.05) is 13.2 Å². The molecule has 0 heterocycles. The highest BCUT2D eigenvalue weighted by atomic mass is 28.5. The topological polar surface area (TPSA) is 46.2 Å². The summed E-state index contributed by atoms with van der Waals surface area (Å²) in [6.45, 7) is 28.6. The van der Waals surface area contributed by atoms with Gasteiger partial charge >= 0.3 is 18.6 Å². The van der Waals surface area contributed by atoms with Crippen molar-refractivity contribution < 1.29 is 21.2 Å². The Kier molecular flexibility index (Phi) is 13.5. The molecule has 0 aliphatic heterocycles. The summed E-state index contributed by atoms with van der Waals surface area (Å²) < 4.78 is 31.4. The molecule has 11 heteroatoms. The minimum absolute atomic E-state index is 0.795. The van der Waals surface area contributed by atoms with Crippen LogP contribution in [-0.2, 0) is 21.2 Å². The van der Waals surface area contributed by atoms with E-state index in [4.69, 9.17) is 21.2 Å². The SMILES string of the molecule is C[Si](C)(C)O[SiH](CCCOCCC[SiH](O[Si](C)(C)C)O[Si](C)(C)C)O[Si](C)(C)C. The fourth-order valence-corrected chi connectivity index (χ4v) is 19.4. The molecule has 0 radical (unpaired) electrons. The van der Waals surface area contributed by atoms with Gasteiger partial charge in [0.15, 0.2) is 33.3 Å². The number of ether oxygens (including phenoxy) is 1. The summed E-state index contributed by atoms with van der Waals surface area (Å²) in [4.78, 5) is 0. The first-order valence-corrected chi connectivity index (χ1v) is 28.3. The number of rotatable bonds is 16. The number of hydrogen-bond donors (Lipinski definition) is 0. The zero-order valence-corrected chi connectivity index (χ0v) is 27.7. The molecule has 29 heavy (non-hydrogen) atoms. The monoisotopic (exact) mass is 514 g/mol. The van der Waals surface area contributed by atoms with Crippen LogP contribution in [0.25, 0.3) is 0 Å². The maximum atomic E-state index is 6.38. The second-order valence-electron chi connectivity index (χ2n) is 11.7. The summed E-state index contributed by atoms with van der Waals surface area (Å²) in [5, 5.41) is 0. The van der Waals surface area contributed by atoms with Crippen LogP contribution in [0.3, 0.4) is 0 Å². The molecule has 0 unspecified atom stereocenters. The van der Waals surface area contributed by atoms with Crippen molar-refractivity contribution in [3.8, 4) is 0 Å². The minimum atomic E-state index is -1.59. The third-order valence-corrected chi connectivity index (χ3v) is 20.7. The first-order chi connectivity index (χ1) is 12.9. The van der Waals surface area contributed by atoms with E-state index >= 15 is 0 Å². The average molecular weight is 515 g/mol. The van der Waals surface area contributed by atoms with Crippen LogP contribution >= 0.6 is 0 Å². The van der Waals surface area contributed by atoms with Crippen LogP contribution in [0.4, 0.5) is 0 Å². The first kappa shape index (κ1) is 30.1. The fourth-order valence-electron chi connectivity index (χ4n) is 2.67. The molecule has 0 saturated heterocycles. The van der Waals surface area contributed by atoms with Gasteiger partial charge in [0.1, 0.15) is 0 Å². The van der Waals surface area contributed by atoms with E-state index < -0.39 is 51.8 Å². The summed E-state index contributed by atoms with van der Waals surface area (Å²) in [7, 11) is -9.38. The molecular weight excluding hydrogens is 465 g/mol. The minimum Gasteiger partial charge on any atom is -0.439 e. The lowest BCUT2D eigenvalue weighted by Gasteiger charge is -2.31. The summed E-state index contributed by atoms with van der Waals surface area (Å²) in [5.74, 6) is 0. The van der Waals surface area contributed by atoms with Gasteiger partial charge in [-0.15, -0.1) is 0 Å². The van der Waals surface area contributed by atoms with Gasteiger partial charge < -0.3 is 21.2 Å². The molecule has 0 aromatic carbocycles. The van der Waals surface area contributed by atoms with Crippen molar-refractivity contribution in [1.82, 2.24) is 0 Å². The third kappa shape index (κ3) is 22.1. The predicted molar refractivity (Wildman–Crippen MR) is 142 cm³/mol. The smallest absolute Gasteiger partial charge is 0.300 e. The highest BCUT2D eigenvalue weighted by Gasteiger charge is 2.29. The van der Waals surface area contributed by atoms with Crippen molar-refractivity contribution in [2.24, 2.45) is 0 Å². The van der Waals surface area contributed by atoms with Gasteiger partial charge in [0.25, 0.3) is 0 Å². The van der Waals surface area contributed by atoms with Gasteiger partial charge in [0.05, 0.1) is 0 Å². The van der Waals surface area contributed by atoms with Crippen molar-refractivity contribution in [3.05, 3.63) is 0 Å². The standard InChI is InChI=1S/C18H50O5Si6/c1-26(2,3)20-24(21-27(4,5)6)17-13-15-19-16-14-18-25(22-28(7,8)9)23-29(10,11)12/h24-25H,13-18H2,1-12H3. The van der Waals surface area contributed by atoms with E-state index in [1.165, 1.54) is 0 Å². The van der Waals surface area contributed by atoms with Crippen LogP contribution in [0.2, 0.25) is 90.7 Å². The first-order valence-electron chi connectivity index (χ1n) is 11.2. The maximum absolute atomic E-state index is 6.38. The molecule has 0 fully saturated rings. The summed E-state index contributed by atoms with van der Waals surface area (Å²) in [5.41, 5.74) is 0. The summed E-state index contributed by atoms with van der Waals surface area (Å²) in [6.07, 6.45) is 2.06. The molecule has 5 nitrogen and oxygen atoms in total. The Hall–Kier alpha value is 1.10. The molecule has 176 valence electrons. The van der Waals surface area contributed by atoms with Crippen LogP contribution in [-0.4, -0.2) is 65.1 Å². The van der Waals surface area contributed by atoms with Gasteiger partial charge in [-0.05, 0) is 103 Å². The Labute approximate surface area is 189 Å². The van der Waals surface area contributed by atoms with Crippen molar-refractivity contribution in [2.45, 2.75) is 103 Å². The van der Waals surface area contributed by atoms with Crippen molar-refractivity contribution >= 4 is 51.8 Å². The van der Waals surface area contributed by atoms with Crippen LogP contribution in [0.1, 0.15) is 12.8 Å². The Morgan fingerprint density at radius 1 is 0.448 bits per heavy atom. The second-order valence-corrected chi connectivity index (χ2v) is 35.2.